The zero-order valence-electron chi connectivity index (χ0n) is 18.3. The maximum Gasteiger partial charge on any atom is 0.338 e. The van der Waals surface area contributed by atoms with Crippen LogP contribution in [0.3, 0.4) is 0 Å². The van der Waals surface area contributed by atoms with Crippen molar-refractivity contribution in [2.24, 2.45) is 0 Å². The highest BCUT2D eigenvalue weighted by atomic mass is 32.2. The van der Waals surface area contributed by atoms with Crippen molar-refractivity contribution in [3.63, 3.8) is 0 Å². The van der Waals surface area contributed by atoms with Gasteiger partial charge in [0.2, 0.25) is 5.78 Å². The number of carbonyl (C=O) groups excluding carboxylic acids is 2. The maximum absolute atomic E-state index is 13.1. The van der Waals surface area contributed by atoms with Crippen molar-refractivity contribution in [1.29, 1.82) is 0 Å². The molecule has 0 aliphatic heterocycles. The molecule has 0 radical (unpaired) electrons. The SMILES string of the molecule is COc1ccc(N(C)S(=O)(=O)c2cccc(C(=O)OCC(=O)c3ccccc3OC)c2)cc1. The molecule has 8 nitrogen and oxygen atoms in total. The van der Waals surface area contributed by atoms with Crippen LogP contribution in [0.15, 0.2) is 77.7 Å². The summed E-state index contributed by atoms with van der Waals surface area (Å²) in [5.41, 5.74) is 0.712. The fourth-order valence-corrected chi connectivity index (χ4v) is 4.28. The Morgan fingerprint density at radius 1 is 0.879 bits per heavy atom. The van der Waals surface area contributed by atoms with E-state index in [9.17, 15) is 18.0 Å². The highest BCUT2D eigenvalue weighted by molar-refractivity contribution is 7.92. The van der Waals surface area contributed by atoms with E-state index < -0.39 is 28.4 Å². The van der Waals surface area contributed by atoms with Gasteiger partial charge in [-0.05, 0) is 54.6 Å². The van der Waals surface area contributed by atoms with Crippen molar-refractivity contribution in [1.82, 2.24) is 0 Å². The number of hydrogen-bond acceptors (Lipinski definition) is 7. The molecule has 3 rings (SSSR count). The molecule has 0 atom stereocenters. The number of benzene rings is 3. The van der Waals surface area contributed by atoms with Crippen molar-refractivity contribution in [2.75, 3.05) is 32.2 Å². The number of para-hydroxylation sites is 1. The summed E-state index contributed by atoms with van der Waals surface area (Å²) in [5.74, 6) is -0.295. The second-order valence-electron chi connectivity index (χ2n) is 6.90. The molecule has 172 valence electrons. The zero-order chi connectivity index (χ0) is 24.0. The minimum atomic E-state index is -3.95. The highest BCUT2D eigenvalue weighted by Gasteiger charge is 2.23. The second kappa shape index (κ2) is 10.2. The van der Waals surface area contributed by atoms with Crippen LogP contribution in [0.25, 0.3) is 0 Å². The quantitative estimate of drug-likeness (QED) is 0.349. The van der Waals surface area contributed by atoms with Crippen LogP contribution in [-0.2, 0) is 14.8 Å². The third-order valence-electron chi connectivity index (χ3n) is 4.91. The first-order chi connectivity index (χ1) is 15.8. The van der Waals surface area contributed by atoms with E-state index in [0.717, 1.165) is 4.31 Å². The van der Waals surface area contributed by atoms with Crippen LogP contribution < -0.4 is 13.8 Å². The van der Waals surface area contributed by atoms with Gasteiger partial charge in [0.15, 0.2) is 6.61 Å². The number of ether oxygens (including phenoxy) is 3. The molecule has 9 heteroatoms. The van der Waals surface area contributed by atoms with Gasteiger partial charge >= 0.3 is 5.97 Å². The van der Waals surface area contributed by atoms with Crippen LogP contribution >= 0.6 is 0 Å². The van der Waals surface area contributed by atoms with E-state index in [1.807, 2.05) is 0 Å². The van der Waals surface area contributed by atoms with Crippen LogP contribution in [-0.4, -0.2) is 48.0 Å². The Hall–Kier alpha value is -3.85. The molecule has 3 aromatic rings. The van der Waals surface area contributed by atoms with E-state index in [1.165, 1.54) is 45.5 Å². The third-order valence-corrected chi connectivity index (χ3v) is 6.69. The summed E-state index contributed by atoms with van der Waals surface area (Å²) >= 11 is 0. The molecule has 0 N–H and O–H groups in total. The molecule has 0 aromatic heterocycles. The molecule has 0 bridgehead atoms. The molecule has 0 unspecified atom stereocenters. The Morgan fingerprint density at radius 3 is 2.24 bits per heavy atom. The van der Waals surface area contributed by atoms with Gasteiger partial charge in [0.25, 0.3) is 10.0 Å². The summed E-state index contributed by atoms with van der Waals surface area (Å²) < 4.78 is 42.6. The summed E-state index contributed by atoms with van der Waals surface area (Å²) in [5, 5.41) is 0. The Morgan fingerprint density at radius 2 is 1.58 bits per heavy atom. The number of Topliss-reactive ketones (excluding diaryl/α,β-unsaturated/α-hetero) is 1. The van der Waals surface area contributed by atoms with E-state index in [0.29, 0.717) is 17.2 Å². The van der Waals surface area contributed by atoms with Gasteiger partial charge in [0.05, 0.1) is 35.9 Å². The van der Waals surface area contributed by atoms with E-state index in [-0.39, 0.29) is 16.0 Å². The predicted molar refractivity (Wildman–Crippen MR) is 123 cm³/mol. The summed E-state index contributed by atoms with van der Waals surface area (Å²) in [6.45, 7) is -0.512. The summed E-state index contributed by atoms with van der Waals surface area (Å²) in [4.78, 5) is 24.8. The second-order valence-corrected chi connectivity index (χ2v) is 8.87. The molecule has 0 aliphatic rings. The fraction of sp³-hybridized carbons (Fsp3) is 0.167. The van der Waals surface area contributed by atoms with Crippen LogP contribution in [0, 0.1) is 0 Å². The van der Waals surface area contributed by atoms with Gasteiger partial charge in [-0.1, -0.05) is 18.2 Å². The van der Waals surface area contributed by atoms with Crippen LogP contribution in [0.2, 0.25) is 0 Å². The molecule has 0 saturated carbocycles. The average molecular weight is 470 g/mol. The molecule has 33 heavy (non-hydrogen) atoms. The van der Waals surface area contributed by atoms with Crippen molar-refractivity contribution in [3.8, 4) is 11.5 Å². The lowest BCUT2D eigenvalue weighted by molar-refractivity contribution is 0.0473. The molecule has 0 amide bonds. The number of anilines is 1. The van der Waals surface area contributed by atoms with Crippen LogP contribution in [0.4, 0.5) is 5.69 Å². The lowest BCUT2D eigenvalue weighted by Crippen LogP contribution is -2.26. The molecule has 0 saturated heterocycles. The molecule has 0 heterocycles. The smallest absolute Gasteiger partial charge is 0.338 e. The number of carbonyl (C=O) groups is 2. The van der Waals surface area contributed by atoms with E-state index >= 15 is 0 Å². The lowest BCUT2D eigenvalue weighted by Gasteiger charge is -2.20. The Bertz CT molecular complexity index is 1250. The first-order valence-electron chi connectivity index (χ1n) is 9.84. The van der Waals surface area contributed by atoms with Gasteiger partial charge in [-0.2, -0.15) is 0 Å². The van der Waals surface area contributed by atoms with Gasteiger partial charge in [0, 0.05) is 7.05 Å². The largest absolute Gasteiger partial charge is 0.497 e. The van der Waals surface area contributed by atoms with Gasteiger partial charge in [-0.15, -0.1) is 0 Å². The van der Waals surface area contributed by atoms with Crippen molar-refractivity contribution < 1.29 is 32.2 Å². The van der Waals surface area contributed by atoms with E-state index in [2.05, 4.69) is 0 Å². The molecular weight excluding hydrogens is 446 g/mol. The number of sulfonamides is 1. The first kappa shape index (κ1) is 23.8. The Balaban J connectivity index is 1.75. The summed E-state index contributed by atoms with van der Waals surface area (Å²) in [6.07, 6.45) is 0. The number of ketones is 1. The fourth-order valence-electron chi connectivity index (χ4n) is 3.04. The molecule has 0 spiro atoms. The standard InChI is InChI=1S/C24H23NO7S/c1-25(18-11-13-19(30-2)14-12-18)33(28,29)20-8-6-7-17(15-20)24(27)32-16-22(26)21-9-4-5-10-23(21)31-3/h4-15H,16H2,1-3H3. The topological polar surface area (TPSA) is 99.2 Å². The summed E-state index contributed by atoms with van der Waals surface area (Å²) in [7, 11) is 0.416. The van der Waals surface area contributed by atoms with Gasteiger partial charge in [-0.25, -0.2) is 13.2 Å². The Labute approximate surface area is 192 Å². The Kier molecular flexibility index (Phi) is 7.34. The minimum Gasteiger partial charge on any atom is -0.497 e. The molecule has 0 fully saturated rings. The third kappa shape index (κ3) is 5.32. The number of methoxy groups -OCH3 is 2. The molecule has 3 aromatic carbocycles. The van der Waals surface area contributed by atoms with E-state index in [1.54, 1.807) is 48.5 Å². The number of esters is 1. The lowest BCUT2D eigenvalue weighted by atomic mass is 10.1. The normalized spacial score (nSPS) is 10.9. The molecule has 0 aliphatic carbocycles. The zero-order valence-corrected chi connectivity index (χ0v) is 19.2. The highest BCUT2D eigenvalue weighted by Crippen LogP contribution is 2.25. The number of rotatable bonds is 9. The minimum absolute atomic E-state index is 0.00651. The predicted octanol–water partition coefficient (Wildman–Crippen LogP) is 3.57. The monoisotopic (exact) mass is 469 g/mol. The average Bonchev–Trinajstić information content (AvgIpc) is 2.86. The van der Waals surface area contributed by atoms with Crippen molar-refractivity contribution in [2.45, 2.75) is 4.90 Å². The van der Waals surface area contributed by atoms with E-state index in [4.69, 9.17) is 14.2 Å². The first-order valence-corrected chi connectivity index (χ1v) is 11.3. The molecular formula is C24H23NO7S. The van der Waals surface area contributed by atoms with Crippen LogP contribution in [0.5, 0.6) is 11.5 Å². The number of nitrogens with zero attached hydrogens (tertiary/aromatic N) is 1. The van der Waals surface area contributed by atoms with Crippen molar-refractivity contribution in [3.05, 3.63) is 83.9 Å². The van der Waals surface area contributed by atoms with Crippen LogP contribution in [0.1, 0.15) is 20.7 Å². The van der Waals surface area contributed by atoms with Gasteiger partial charge < -0.3 is 14.2 Å². The maximum atomic E-state index is 13.1. The number of hydrogen-bond donors (Lipinski definition) is 0. The van der Waals surface area contributed by atoms with Gasteiger partial charge in [-0.3, -0.25) is 9.10 Å². The van der Waals surface area contributed by atoms with Crippen molar-refractivity contribution >= 4 is 27.5 Å². The van der Waals surface area contributed by atoms with Gasteiger partial charge in [0.1, 0.15) is 11.5 Å². The summed E-state index contributed by atoms with van der Waals surface area (Å²) in [6, 6.07) is 18.5.